The summed E-state index contributed by atoms with van der Waals surface area (Å²) in [5.74, 6) is 1.26. The molecule has 0 unspecified atom stereocenters. The molecule has 29 heavy (non-hydrogen) atoms. The summed E-state index contributed by atoms with van der Waals surface area (Å²) in [5, 5.41) is 0.641. The highest BCUT2D eigenvalue weighted by Gasteiger charge is 2.14. The van der Waals surface area contributed by atoms with Gasteiger partial charge < -0.3 is 14.5 Å². The van der Waals surface area contributed by atoms with Crippen molar-refractivity contribution in [3.8, 4) is 22.9 Å². The minimum Gasteiger partial charge on any atom is -0.493 e. The van der Waals surface area contributed by atoms with Gasteiger partial charge in [-0.05, 0) is 55.3 Å². The first-order valence-electron chi connectivity index (χ1n) is 9.02. The molecule has 0 atom stereocenters. The fraction of sp³-hybridized carbons (Fsp3) is 0.182. The molecular formula is C22H19FN2O3S. The van der Waals surface area contributed by atoms with Gasteiger partial charge in [-0.3, -0.25) is 4.79 Å². The Balaban J connectivity index is 1.65. The molecule has 4 aromatic rings. The Morgan fingerprint density at radius 1 is 1.10 bits per heavy atom. The molecule has 2 aromatic heterocycles. The summed E-state index contributed by atoms with van der Waals surface area (Å²) in [6, 6.07) is 11.5. The van der Waals surface area contributed by atoms with E-state index < -0.39 is 0 Å². The number of ether oxygens (including phenoxy) is 2. The fourth-order valence-electron chi connectivity index (χ4n) is 3.07. The molecule has 4 rings (SSSR count). The molecule has 0 spiro atoms. The van der Waals surface area contributed by atoms with Crippen LogP contribution in [-0.2, 0) is 6.61 Å². The number of nitrogens with zero attached hydrogens (tertiary/aromatic N) is 1. The minimum absolute atomic E-state index is 0.151. The first-order valence-corrected chi connectivity index (χ1v) is 9.83. The maximum Gasteiger partial charge on any atom is 0.260 e. The number of rotatable bonds is 5. The number of aromatic amines is 1. The topological polar surface area (TPSA) is 64.2 Å². The van der Waals surface area contributed by atoms with Gasteiger partial charge in [-0.15, -0.1) is 11.3 Å². The zero-order valence-electron chi connectivity index (χ0n) is 16.2. The van der Waals surface area contributed by atoms with Crippen molar-refractivity contribution in [3.05, 3.63) is 74.6 Å². The van der Waals surface area contributed by atoms with Crippen LogP contribution < -0.4 is 15.0 Å². The van der Waals surface area contributed by atoms with Gasteiger partial charge in [0.25, 0.3) is 5.56 Å². The molecule has 0 aliphatic carbocycles. The molecule has 1 N–H and O–H groups in total. The molecular weight excluding hydrogens is 391 g/mol. The number of halogens is 1. The number of methoxy groups -OCH3 is 1. The van der Waals surface area contributed by atoms with E-state index in [9.17, 15) is 9.18 Å². The van der Waals surface area contributed by atoms with Gasteiger partial charge in [-0.25, -0.2) is 9.37 Å². The van der Waals surface area contributed by atoms with Gasteiger partial charge in [-0.2, -0.15) is 0 Å². The molecule has 0 aliphatic rings. The molecule has 2 heterocycles. The van der Waals surface area contributed by atoms with Crippen LogP contribution >= 0.6 is 11.3 Å². The third kappa shape index (κ3) is 3.73. The Labute approximate surface area is 170 Å². The van der Waals surface area contributed by atoms with Crippen molar-refractivity contribution < 1.29 is 13.9 Å². The molecule has 0 radical (unpaired) electrons. The van der Waals surface area contributed by atoms with Gasteiger partial charge in [0.15, 0.2) is 11.5 Å². The van der Waals surface area contributed by atoms with Crippen LogP contribution in [-0.4, -0.2) is 17.1 Å². The number of fused-ring (bicyclic) bond motifs is 1. The average Bonchev–Trinajstić information content (AvgIpc) is 3.01. The van der Waals surface area contributed by atoms with Gasteiger partial charge in [0, 0.05) is 10.4 Å². The van der Waals surface area contributed by atoms with E-state index in [1.165, 1.54) is 23.5 Å². The van der Waals surface area contributed by atoms with Crippen LogP contribution in [0, 0.1) is 19.7 Å². The Morgan fingerprint density at radius 2 is 1.86 bits per heavy atom. The summed E-state index contributed by atoms with van der Waals surface area (Å²) >= 11 is 1.51. The zero-order valence-corrected chi connectivity index (χ0v) is 17.0. The SMILES string of the molecule is COc1cc(-c2nc3sc(C)c(C)c3c(=O)[nH]2)ccc1OCc1ccc(F)cc1. The quantitative estimate of drug-likeness (QED) is 0.503. The Hall–Kier alpha value is -3.19. The second-order valence-corrected chi connectivity index (χ2v) is 7.86. The third-order valence-electron chi connectivity index (χ3n) is 4.78. The molecule has 0 bridgehead atoms. The normalized spacial score (nSPS) is 11.0. The number of thiophene rings is 1. The smallest absolute Gasteiger partial charge is 0.260 e. The standard InChI is InChI=1S/C22H19FN2O3S/c1-12-13(2)29-22-19(12)21(26)24-20(25-22)15-6-9-17(18(10-15)27-3)28-11-14-4-7-16(23)8-5-14/h4-10H,11H2,1-3H3,(H,24,25,26). The summed E-state index contributed by atoms with van der Waals surface area (Å²) in [7, 11) is 1.55. The molecule has 0 saturated heterocycles. The first kappa shape index (κ1) is 19.1. The molecule has 0 aliphatic heterocycles. The van der Waals surface area contributed by atoms with Crippen LogP contribution in [0.15, 0.2) is 47.3 Å². The Morgan fingerprint density at radius 3 is 2.59 bits per heavy atom. The molecule has 2 aromatic carbocycles. The summed E-state index contributed by atoms with van der Waals surface area (Å²) in [6.45, 7) is 4.20. The van der Waals surface area contributed by atoms with Crippen molar-refractivity contribution >= 4 is 21.6 Å². The van der Waals surface area contributed by atoms with E-state index in [0.717, 1.165) is 21.6 Å². The lowest BCUT2D eigenvalue weighted by Gasteiger charge is -2.12. The molecule has 0 amide bonds. The zero-order chi connectivity index (χ0) is 20.5. The van der Waals surface area contributed by atoms with E-state index in [1.54, 1.807) is 31.4 Å². The van der Waals surface area contributed by atoms with E-state index in [1.807, 2.05) is 19.9 Å². The van der Waals surface area contributed by atoms with Crippen LogP contribution in [0.1, 0.15) is 16.0 Å². The third-order valence-corrected chi connectivity index (χ3v) is 5.88. The predicted molar refractivity (Wildman–Crippen MR) is 112 cm³/mol. The van der Waals surface area contributed by atoms with Crippen molar-refractivity contribution in [2.24, 2.45) is 0 Å². The molecule has 0 fully saturated rings. The maximum absolute atomic E-state index is 13.0. The number of benzene rings is 2. The Kier molecular flexibility index (Phi) is 5.07. The van der Waals surface area contributed by atoms with Crippen LogP contribution in [0.3, 0.4) is 0 Å². The minimum atomic E-state index is -0.287. The number of hydrogen-bond acceptors (Lipinski definition) is 5. The van der Waals surface area contributed by atoms with Gasteiger partial charge in [0.1, 0.15) is 23.1 Å². The number of aryl methyl sites for hydroxylation is 2. The van der Waals surface area contributed by atoms with Gasteiger partial charge >= 0.3 is 0 Å². The van der Waals surface area contributed by atoms with Crippen LogP contribution in [0.5, 0.6) is 11.5 Å². The summed E-state index contributed by atoms with van der Waals surface area (Å²) < 4.78 is 24.3. The number of nitrogens with one attached hydrogen (secondary N) is 1. The summed E-state index contributed by atoms with van der Waals surface area (Å²) in [4.78, 5) is 21.8. The highest BCUT2D eigenvalue weighted by molar-refractivity contribution is 7.18. The van der Waals surface area contributed by atoms with Crippen LogP contribution in [0.2, 0.25) is 0 Å². The highest BCUT2D eigenvalue weighted by Crippen LogP contribution is 2.33. The van der Waals surface area contributed by atoms with Crippen LogP contribution in [0.25, 0.3) is 21.6 Å². The fourth-order valence-corrected chi connectivity index (χ4v) is 4.10. The van der Waals surface area contributed by atoms with Crippen molar-refractivity contribution in [3.63, 3.8) is 0 Å². The molecule has 0 saturated carbocycles. The maximum atomic E-state index is 13.0. The summed E-state index contributed by atoms with van der Waals surface area (Å²) in [5.41, 5.74) is 2.38. The monoisotopic (exact) mass is 410 g/mol. The van der Waals surface area contributed by atoms with Gasteiger partial charge in [0.05, 0.1) is 12.5 Å². The van der Waals surface area contributed by atoms with E-state index in [2.05, 4.69) is 9.97 Å². The van der Waals surface area contributed by atoms with E-state index in [4.69, 9.17) is 9.47 Å². The molecule has 7 heteroatoms. The lowest BCUT2D eigenvalue weighted by atomic mass is 10.1. The molecule has 5 nitrogen and oxygen atoms in total. The average molecular weight is 410 g/mol. The van der Waals surface area contributed by atoms with E-state index >= 15 is 0 Å². The van der Waals surface area contributed by atoms with Crippen molar-refractivity contribution in [1.29, 1.82) is 0 Å². The Bertz CT molecular complexity index is 1250. The second kappa shape index (κ2) is 7.67. The number of hydrogen-bond donors (Lipinski definition) is 1. The van der Waals surface area contributed by atoms with Gasteiger partial charge in [0.2, 0.25) is 0 Å². The van der Waals surface area contributed by atoms with Crippen molar-refractivity contribution in [2.45, 2.75) is 20.5 Å². The lowest BCUT2D eigenvalue weighted by molar-refractivity contribution is 0.284. The van der Waals surface area contributed by atoms with E-state index in [0.29, 0.717) is 27.5 Å². The van der Waals surface area contributed by atoms with Gasteiger partial charge in [-0.1, -0.05) is 12.1 Å². The van der Waals surface area contributed by atoms with Crippen molar-refractivity contribution in [1.82, 2.24) is 9.97 Å². The van der Waals surface area contributed by atoms with Crippen molar-refractivity contribution in [2.75, 3.05) is 7.11 Å². The van der Waals surface area contributed by atoms with Crippen LogP contribution in [0.4, 0.5) is 4.39 Å². The largest absolute Gasteiger partial charge is 0.493 e. The highest BCUT2D eigenvalue weighted by atomic mass is 32.1. The predicted octanol–water partition coefficient (Wildman–Crippen LogP) is 5.00. The second-order valence-electron chi connectivity index (χ2n) is 6.66. The first-order chi connectivity index (χ1) is 14.0. The van der Waals surface area contributed by atoms with E-state index in [-0.39, 0.29) is 18.0 Å². The summed E-state index contributed by atoms with van der Waals surface area (Å²) in [6.07, 6.45) is 0. The number of H-pyrrole nitrogens is 1. The molecule has 148 valence electrons. The number of aromatic nitrogens is 2. The lowest BCUT2D eigenvalue weighted by Crippen LogP contribution is -2.09.